The van der Waals surface area contributed by atoms with Crippen LogP contribution in [0.2, 0.25) is 0 Å². The maximum Gasteiger partial charge on any atom is 0.346 e. The summed E-state index contributed by atoms with van der Waals surface area (Å²) in [7, 11) is 1.55. The van der Waals surface area contributed by atoms with E-state index in [1.165, 1.54) is 0 Å². The number of aromatic amines is 1. The number of methoxy groups -OCH3 is 1. The second-order valence-corrected chi connectivity index (χ2v) is 5.04. The Kier molecular flexibility index (Phi) is 4.38. The summed E-state index contributed by atoms with van der Waals surface area (Å²) in [5.41, 5.74) is 1.33. The highest BCUT2D eigenvalue weighted by Crippen LogP contribution is 2.18. The fourth-order valence-corrected chi connectivity index (χ4v) is 2.24. The molecule has 24 heavy (non-hydrogen) atoms. The second kappa shape index (κ2) is 6.78. The quantitative estimate of drug-likeness (QED) is 0.774. The molecule has 1 amide bonds. The van der Waals surface area contributed by atoms with Crippen LogP contribution in [0.3, 0.4) is 0 Å². The zero-order chi connectivity index (χ0) is 16.9. The lowest BCUT2D eigenvalue weighted by Crippen LogP contribution is -2.21. The van der Waals surface area contributed by atoms with Crippen molar-refractivity contribution in [1.29, 1.82) is 0 Å². The number of H-pyrrole nitrogens is 1. The molecule has 1 heterocycles. The van der Waals surface area contributed by atoms with Gasteiger partial charge in [-0.05, 0) is 18.2 Å². The number of aromatic nitrogens is 2. The molecule has 0 aliphatic carbocycles. The third-order valence-electron chi connectivity index (χ3n) is 3.39. The summed E-state index contributed by atoms with van der Waals surface area (Å²) >= 11 is 0. The highest BCUT2D eigenvalue weighted by molar-refractivity contribution is 6.03. The number of anilines is 1. The lowest BCUT2D eigenvalue weighted by Gasteiger charge is -2.08. The molecule has 2 N–H and O–H groups in total. The number of hydrogen-bond donors (Lipinski definition) is 2. The van der Waals surface area contributed by atoms with Gasteiger partial charge in [0.05, 0.1) is 12.8 Å². The molecule has 0 saturated heterocycles. The Labute approximate surface area is 138 Å². The summed E-state index contributed by atoms with van der Waals surface area (Å²) in [6.45, 7) is 0. The van der Waals surface area contributed by atoms with Gasteiger partial charge in [0, 0.05) is 17.3 Å². The first-order valence-electron chi connectivity index (χ1n) is 7.28. The monoisotopic (exact) mass is 321 g/mol. The number of carbonyl (C=O) groups excluding carboxylic acids is 1. The van der Waals surface area contributed by atoms with Crippen molar-refractivity contribution in [1.82, 2.24) is 9.97 Å². The molecule has 2 aromatic carbocycles. The molecule has 0 fully saturated rings. The van der Waals surface area contributed by atoms with Gasteiger partial charge in [-0.25, -0.2) is 4.79 Å². The van der Waals surface area contributed by atoms with Crippen molar-refractivity contribution in [3.8, 4) is 17.0 Å². The van der Waals surface area contributed by atoms with E-state index < -0.39 is 11.6 Å². The van der Waals surface area contributed by atoms with E-state index in [0.29, 0.717) is 17.1 Å². The summed E-state index contributed by atoms with van der Waals surface area (Å²) in [5.74, 6) is 0.195. The van der Waals surface area contributed by atoms with Crippen molar-refractivity contribution in [2.75, 3.05) is 12.4 Å². The average molecular weight is 321 g/mol. The van der Waals surface area contributed by atoms with E-state index in [9.17, 15) is 9.59 Å². The number of amides is 1. The van der Waals surface area contributed by atoms with E-state index in [1.807, 2.05) is 30.3 Å². The van der Waals surface area contributed by atoms with E-state index in [2.05, 4.69) is 15.3 Å². The van der Waals surface area contributed by atoms with Crippen molar-refractivity contribution in [2.45, 2.75) is 0 Å². The third-order valence-corrected chi connectivity index (χ3v) is 3.39. The smallest absolute Gasteiger partial charge is 0.346 e. The van der Waals surface area contributed by atoms with Gasteiger partial charge in [0.15, 0.2) is 0 Å². The normalized spacial score (nSPS) is 10.2. The number of benzene rings is 2. The summed E-state index contributed by atoms with van der Waals surface area (Å²) in [5, 5.41) is 2.72. The number of ether oxygens (including phenoxy) is 1. The van der Waals surface area contributed by atoms with Crippen molar-refractivity contribution in [3.63, 3.8) is 0 Å². The maximum absolute atomic E-state index is 12.4. The largest absolute Gasteiger partial charge is 0.497 e. The molecular weight excluding hydrogens is 306 g/mol. The van der Waals surface area contributed by atoms with Gasteiger partial charge in [0.1, 0.15) is 11.4 Å². The fourth-order valence-electron chi connectivity index (χ4n) is 2.24. The van der Waals surface area contributed by atoms with Crippen LogP contribution in [-0.4, -0.2) is 23.0 Å². The van der Waals surface area contributed by atoms with E-state index in [4.69, 9.17) is 4.74 Å². The molecule has 0 saturated carbocycles. The van der Waals surface area contributed by atoms with Gasteiger partial charge < -0.3 is 15.0 Å². The average Bonchev–Trinajstić information content (AvgIpc) is 2.62. The van der Waals surface area contributed by atoms with Crippen LogP contribution in [-0.2, 0) is 0 Å². The first-order chi connectivity index (χ1) is 11.7. The van der Waals surface area contributed by atoms with Gasteiger partial charge in [-0.3, -0.25) is 4.79 Å². The predicted octanol–water partition coefficient (Wildman–Crippen LogP) is 2.70. The Balaban J connectivity index is 1.90. The van der Waals surface area contributed by atoms with Crippen molar-refractivity contribution in [2.24, 2.45) is 0 Å². The highest BCUT2D eigenvalue weighted by Gasteiger charge is 2.11. The molecule has 3 rings (SSSR count). The second-order valence-electron chi connectivity index (χ2n) is 5.04. The number of rotatable bonds is 4. The fraction of sp³-hybridized carbons (Fsp3) is 0.0556. The SMILES string of the molecule is COc1cccc(NC(=O)c2cc(-c3ccccc3)nc(=O)[nH]2)c1. The highest BCUT2D eigenvalue weighted by atomic mass is 16.5. The minimum Gasteiger partial charge on any atom is -0.497 e. The van der Waals surface area contributed by atoms with E-state index in [0.717, 1.165) is 5.56 Å². The molecule has 3 aromatic rings. The minimum atomic E-state index is -0.577. The van der Waals surface area contributed by atoms with Crippen molar-refractivity contribution >= 4 is 11.6 Å². The van der Waals surface area contributed by atoms with Crippen LogP contribution in [0.15, 0.2) is 65.5 Å². The number of nitrogens with one attached hydrogen (secondary N) is 2. The van der Waals surface area contributed by atoms with Gasteiger partial charge in [0.25, 0.3) is 5.91 Å². The molecule has 0 atom stereocenters. The zero-order valence-corrected chi connectivity index (χ0v) is 12.9. The predicted molar refractivity (Wildman–Crippen MR) is 91.2 cm³/mol. The number of nitrogens with zero attached hydrogens (tertiary/aromatic N) is 1. The van der Waals surface area contributed by atoms with Gasteiger partial charge in [0.2, 0.25) is 0 Å². The number of hydrogen-bond acceptors (Lipinski definition) is 4. The van der Waals surface area contributed by atoms with Gasteiger partial charge in [-0.2, -0.15) is 4.98 Å². The first kappa shape index (κ1) is 15.5. The first-order valence-corrected chi connectivity index (χ1v) is 7.28. The molecule has 0 bridgehead atoms. The van der Waals surface area contributed by atoms with Crippen LogP contribution in [0.4, 0.5) is 5.69 Å². The van der Waals surface area contributed by atoms with E-state index >= 15 is 0 Å². The molecule has 0 spiro atoms. The Hall–Kier alpha value is -3.41. The topological polar surface area (TPSA) is 84.1 Å². The molecule has 6 nitrogen and oxygen atoms in total. The summed E-state index contributed by atoms with van der Waals surface area (Å²) in [6.07, 6.45) is 0. The molecule has 0 radical (unpaired) electrons. The summed E-state index contributed by atoms with van der Waals surface area (Å²) in [4.78, 5) is 30.5. The van der Waals surface area contributed by atoms with Crippen LogP contribution < -0.4 is 15.7 Å². The van der Waals surface area contributed by atoms with Gasteiger partial charge in [-0.1, -0.05) is 36.4 Å². The Morgan fingerprint density at radius 3 is 2.62 bits per heavy atom. The maximum atomic E-state index is 12.4. The Morgan fingerprint density at radius 2 is 1.88 bits per heavy atom. The van der Waals surface area contributed by atoms with Gasteiger partial charge in [-0.15, -0.1) is 0 Å². The Morgan fingerprint density at radius 1 is 1.08 bits per heavy atom. The minimum absolute atomic E-state index is 0.136. The number of carbonyl (C=O) groups is 1. The van der Waals surface area contributed by atoms with E-state index in [-0.39, 0.29) is 5.69 Å². The molecule has 0 aliphatic heterocycles. The molecule has 0 unspecified atom stereocenters. The molecule has 1 aromatic heterocycles. The van der Waals surface area contributed by atoms with Crippen LogP contribution in [0.1, 0.15) is 10.5 Å². The standard InChI is InChI=1S/C18H15N3O3/c1-24-14-9-5-8-13(10-14)19-17(22)16-11-15(20-18(23)21-16)12-6-3-2-4-7-12/h2-11H,1H3,(H,19,22)(H,20,21,23). The lowest BCUT2D eigenvalue weighted by atomic mass is 10.1. The Bertz CT molecular complexity index is 920. The van der Waals surface area contributed by atoms with Crippen LogP contribution in [0, 0.1) is 0 Å². The molecular formula is C18H15N3O3. The lowest BCUT2D eigenvalue weighted by molar-refractivity contribution is 0.102. The zero-order valence-electron chi connectivity index (χ0n) is 12.9. The molecule has 120 valence electrons. The molecule has 6 heteroatoms. The van der Waals surface area contributed by atoms with Crippen molar-refractivity contribution in [3.05, 3.63) is 76.8 Å². The van der Waals surface area contributed by atoms with Crippen LogP contribution in [0.5, 0.6) is 5.75 Å². The third kappa shape index (κ3) is 3.49. The summed E-state index contributed by atoms with van der Waals surface area (Å²) in [6, 6.07) is 17.7. The van der Waals surface area contributed by atoms with Crippen LogP contribution >= 0.6 is 0 Å². The van der Waals surface area contributed by atoms with Crippen LogP contribution in [0.25, 0.3) is 11.3 Å². The van der Waals surface area contributed by atoms with E-state index in [1.54, 1.807) is 37.4 Å². The molecule has 0 aliphatic rings. The van der Waals surface area contributed by atoms with Crippen molar-refractivity contribution < 1.29 is 9.53 Å². The van der Waals surface area contributed by atoms with Gasteiger partial charge >= 0.3 is 5.69 Å². The summed E-state index contributed by atoms with van der Waals surface area (Å²) < 4.78 is 5.12.